The highest BCUT2D eigenvalue weighted by molar-refractivity contribution is 7.89. The molecule has 0 bridgehead atoms. The molecule has 6 rings (SSSR count). The van der Waals surface area contributed by atoms with E-state index >= 15 is 0 Å². The van der Waals surface area contributed by atoms with Gasteiger partial charge in [0.15, 0.2) is 11.5 Å². The Balaban J connectivity index is 1.40. The number of pyridine rings is 1. The van der Waals surface area contributed by atoms with Crippen molar-refractivity contribution < 1.29 is 21.6 Å². The van der Waals surface area contributed by atoms with Crippen LogP contribution in [-0.4, -0.2) is 50.4 Å². The van der Waals surface area contributed by atoms with Crippen molar-refractivity contribution in [2.75, 3.05) is 13.1 Å². The smallest absolute Gasteiger partial charge is 0.234 e. The Bertz CT molecular complexity index is 1730. The number of alkyl halides is 3. The van der Waals surface area contributed by atoms with Gasteiger partial charge >= 0.3 is 6.18 Å². The summed E-state index contributed by atoms with van der Waals surface area (Å²) in [7, 11) is -3.65. The minimum Gasteiger partial charge on any atom is -0.234 e. The summed E-state index contributed by atoms with van der Waals surface area (Å²) in [4.78, 5) is 13.5. The molecule has 5 aromatic rings. The second kappa shape index (κ2) is 8.18. The number of aromatic nitrogens is 5. The van der Waals surface area contributed by atoms with E-state index in [4.69, 9.17) is 4.98 Å². The summed E-state index contributed by atoms with van der Waals surface area (Å²) in [6, 6.07) is 9.32. The molecule has 0 saturated carbocycles. The van der Waals surface area contributed by atoms with E-state index in [1.165, 1.54) is 15.1 Å². The predicted octanol–water partition coefficient (Wildman–Crippen LogP) is 4.78. The van der Waals surface area contributed by atoms with Crippen LogP contribution in [-0.2, 0) is 16.2 Å². The van der Waals surface area contributed by atoms with Crippen molar-refractivity contribution >= 4 is 47.4 Å². The van der Waals surface area contributed by atoms with Gasteiger partial charge < -0.3 is 0 Å². The van der Waals surface area contributed by atoms with Gasteiger partial charge in [-0.2, -0.15) is 17.5 Å². The number of rotatable bonds is 3. The zero-order valence-corrected chi connectivity index (χ0v) is 20.5. The van der Waals surface area contributed by atoms with E-state index < -0.39 is 21.9 Å². The van der Waals surface area contributed by atoms with Crippen LogP contribution in [0.25, 0.3) is 26.1 Å². The zero-order valence-electron chi connectivity index (χ0n) is 18.9. The van der Waals surface area contributed by atoms with Gasteiger partial charge in [-0.3, -0.25) is 0 Å². The molecule has 0 unspecified atom stereocenters. The normalized spacial score (nSPS) is 17.9. The Morgan fingerprint density at radius 1 is 1.14 bits per heavy atom. The molecule has 1 saturated heterocycles. The first-order chi connectivity index (χ1) is 17.1. The molecule has 1 aliphatic heterocycles. The Morgan fingerprint density at radius 3 is 2.67 bits per heavy atom. The predicted molar refractivity (Wildman–Crippen MR) is 128 cm³/mol. The number of aryl methyl sites for hydroxylation is 1. The summed E-state index contributed by atoms with van der Waals surface area (Å²) in [5, 5.41) is 5.12. The molecule has 1 aromatic carbocycles. The Hall–Kier alpha value is -3.16. The first kappa shape index (κ1) is 23.3. The third kappa shape index (κ3) is 3.73. The molecule has 8 nitrogen and oxygen atoms in total. The molecule has 36 heavy (non-hydrogen) atoms. The summed E-state index contributed by atoms with van der Waals surface area (Å²) in [6.07, 6.45) is -1.69. The van der Waals surface area contributed by atoms with E-state index in [0.717, 1.165) is 23.8 Å². The van der Waals surface area contributed by atoms with Gasteiger partial charge in [0.05, 0.1) is 10.4 Å². The van der Waals surface area contributed by atoms with Gasteiger partial charge in [0.1, 0.15) is 21.6 Å². The van der Waals surface area contributed by atoms with Crippen molar-refractivity contribution in [1.82, 2.24) is 28.9 Å². The van der Waals surface area contributed by atoms with Crippen LogP contribution < -0.4 is 0 Å². The largest absolute Gasteiger partial charge is 0.433 e. The molecule has 1 atom stereocenters. The molecule has 0 aliphatic carbocycles. The van der Waals surface area contributed by atoms with E-state index in [1.54, 1.807) is 37.3 Å². The molecule has 13 heteroatoms. The van der Waals surface area contributed by atoms with Crippen LogP contribution in [0.1, 0.15) is 35.8 Å². The van der Waals surface area contributed by atoms with Crippen molar-refractivity contribution in [1.29, 1.82) is 0 Å². The Labute approximate surface area is 207 Å². The number of halogens is 3. The number of sulfonamides is 1. The molecule has 1 aliphatic rings. The third-order valence-electron chi connectivity index (χ3n) is 6.40. The average molecular weight is 533 g/mol. The highest BCUT2D eigenvalue weighted by Crippen LogP contribution is 2.39. The molecule has 0 spiro atoms. The molecule has 0 amide bonds. The lowest BCUT2D eigenvalue weighted by atomic mass is 9.99. The minimum atomic E-state index is -4.55. The molecule has 0 N–H and O–H groups in total. The lowest BCUT2D eigenvalue weighted by Gasteiger charge is -2.30. The first-order valence-corrected chi connectivity index (χ1v) is 13.5. The van der Waals surface area contributed by atoms with Gasteiger partial charge in [-0.25, -0.2) is 27.9 Å². The maximum atomic E-state index is 13.3. The monoisotopic (exact) mass is 532 g/mol. The van der Waals surface area contributed by atoms with Gasteiger partial charge in [-0.05, 0) is 43.5 Å². The fraction of sp³-hybridized carbons (Fsp3) is 0.304. The number of hydrogen-bond donors (Lipinski definition) is 0. The number of benzene rings is 1. The SMILES string of the molecule is Cc1cc(C(F)(F)F)nc2sc3c(ncn4nc([C@H]5CCCN(S(=O)(=O)c6ccccc6)C5)nc34)c12. The number of piperidine rings is 1. The van der Waals surface area contributed by atoms with Crippen LogP contribution in [0.3, 0.4) is 0 Å². The molecule has 5 heterocycles. The third-order valence-corrected chi connectivity index (χ3v) is 9.35. The van der Waals surface area contributed by atoms with Crippen LogP contribution in [0.15, 0.2) is 47.6 Å². The van der Waals surface area contributed by atoms with Gasteiger partial charge in [-0.15, -0.1) is 16.4 Å². The second-order valence-corrected chi connectivity index (χ2v) is 11.7. The minimum absolute atomic E-state index is 0.224. The van der Waals surface area contributed by atoms with Gasteiger partial charge in [0, 0.05) is 24.4 Å². The summed E-state index contributed by atoms with van der Waals surface area (Å²) in [6.45, 7) is 2.26. The molecule has 1 fully saturated rings. The number of hydrogen-bond acceptors (Lipinski definition) is 7. The lowest BCUT2D eigenvalue weighted by Crippen LogP contribution is -2.39. The van der Waals surface area contributed by atoms with Gasteiger partial charge in [0.2, 0.25) is 10.0 Å². The maximum Gasteiger partial charge on any atom is 0.433 e. The van der Waals surface area contributed by atoms with Gasteiger partial charge in [0.25, 0.3) is 0 Å². The molecular weight excluding hydrogens is 513 g/mol. The summed E-state index contributed by atoms with van der Waals surface area (Å²) in [5.74, 6) is 0.258. The van der Waals surface area contributed by atoms with E-state index in [9.17, 15) is 21.6 Å². The summed E-state index contributed by atoms with van der Waals surface area (Å²) >= 11 is 1.09. The van der Waals surface area contributed by atoms with E-state index in [1.807, 2.05) is 0 Å². The molecule has 186 valence electrons. The standard InChI is InChI=1S/C23H19F3N6O2S2/c1-13-10-16(23(24,25)26)28-22-17(13)18-19(35-22)21-29-20(30-32(21)12-27-18)14-6-5-9-31(11-14)36(33,34)15-7-3-2-4-8-15/h2-4,7-8,10,12,14H,5-6,9,11H2,1H3/t14-/m0/s1. The van der Waals surface area contributed by atoms with E-state index in [-0.39, 0.29) is 22.2 Å². The summed E-state index contributed by atoms with van der Waals surface area (Å²) in [5.41, 5.74) is 0.481. The van der Waals surface area contributed by atoms with Crippen LogP contribution in [0.4, 0.5) is 13.2 Å². The molecule has 4 aromatic heterocycles. The zero-order chi connectivity index (χ0) is 25.2. The van der Waals surface area contributed by atoms with Crippen LogP contribution in [0.5, 0.6) is 0 Å². The summed E-state index contributed by atoms with van der Waals surface area (Å²) < 4.78 is 69.7. The highest BCUT2D eigenvalue weighted by Gasteiger charge is 2.35. The Morgan fingerprint density at radius 2 is 1.92 bits per heavy atom. The molecular formula is C23H19F3N6O2S2. The topological polar surface area (TPSA) is 93.4 Å². The number of nitrogens with zero attached hydrogens (tertiary/aromatic N) is 6. The van der Waals surface area contributed by atoms with Crippen LogP contribution >= 0.6 is 11.3 Å². The van der Waals surface area contributed by atoms with Crippen molar-refractivity contribution in [2.45, 2.75) is 36.8 Å². The average Bonchev–Trinajstić information content (AvgIpc) is 3.46. The van der Waals surface area contributed by atoms with Crippen molar-refractivity contribution in [3.63, 3.8) is 0 Å². The highest BCUT2D eigenvalue weighted by atomic mass is 32.2. The van der Waals surface area contributed by atoms with Crippen molar-refractivity contribution in [3.8, 4) is 0 Å². The fourth-order valence-corrected chi connectivity index (χ4v) is 7.38. The first-order valence-electron chi connectivity index (χ1n) is 11.2. The van der Waals surface area contributed by atoms with Crippen molar-refractivity contribution in [3.05, 3.63) is 59.8 Å². The van der Waals surface area contributed by atoms with Gasteiger partial charge in [-0.1, -0.05) is 18.2 Å². The second-order valence-electron chi connectivity index (χ2n) is 8.78. The Kier molecular flexibility index (Phi) is 5.28. The van der Waals surface area contributed by atoms with Crippen LogP contribution in [0.2, 0.25) is 0 Å². The van der Waals surface area contributed by atoms with E-state index in [0.29, 0.717) is 45.6 Å². The maximum absolute atomic E-state index is 13.3. The quantitative estimate of drug-likeness (QED) is 0.332. The van der Waals surface area contributed by atoms with Crippen LogP contribution in [0, 0.1) is 6.92 Å². The molecule has 0 radical (unpaired) electrons. The number of fused-ring (bicyclic) bond motifs is 5. The number of thiophene rings is 1. The van der Waals surface area contributed by atoms with Crippen molar-refractivity contribution in [2.24, 2.45) is 0 Å². The van der Waals surface area contributed by atoms with E-state index in [2.05, 4.69) is 15.1 Å². The fourth-order valence-electron chi connectivity index (χ4n) is 4.66. The lowest BCUT2D eigenvalue weighted by molar-refractivity contribution is -0.141.